The molecule has 2 aromatic carbocycles. The van der Waals surface area contributed by atoms with E-state index in [-0.39, 0.29) is 17.6 Å². The van der Waals surface area contributed by atoms with E-state index < -0.39 is 5.25 Å². The van der Waals surface area contributed by atoms with Crippen LogP contribution in [0.15, 0.2) is 65.2 Å². The van der Waals surface area contributed by atoms with E-state index in [2.05, 4.69) is 15.5 Å². The summed E-state index contributed by atoms with van der Waals surface area (Å²) in [5.74, 6) is 0.849. The topological polar surface area (TPSA) is 88.3 Å². The second-order valence-corrected chi connectivity index (χ2v) is 9.85. The van der Waals surface area contributed by atoms with E-state index in [1.165, 1.54) is 23.1 Å². The van der Waals surface area contributed by atoms with Gasteiger partial charge in [-0.1, -0.05) is 59.0 Å². The number of para-hydroxylation sites is 1. The molecule has 4 rings (SSSR count). The molecule has 7 nitrogen and oxygen atoms in total. The maximum atomic E-state index is 13.2. The summed E-state index contributed by atoms with van der Waals surface area (Å²) >= 11 is 2.79. The minimum atomic E-state index is -0.433. The molecule has 0 saturated carbocycles. The molecule has 4 aromatic rings. The summed E-state index contributed by atoms with van der Waals surface area (Å²) < 4.78 is 6.01. The Bertz CT molecular complexity index is 1210. The molecule has 33 heavy (non-hydrogen) atoms. The van der Waals surface area contributed by atoms with Crippen LogP contribution < -0.4 is 10.2 Å². The summed E-state index contributed by atoms with van der Waals surface area (Å²) in [4.78, 5) is 32.1. The fraction of sp³-hybridized carbons (Fsp3) is 0.250. The first-order valence-electron chi connectivity index (χ1n) is 10.6. The van der Waals surface area contributed by atoms with Crippen molar-refractivity contribution < 1.29 is 14.1 Å². The second-order valence-electron chi connectivity index (χ2n) is 7.51. The third kappa shape index (κ3) is 6.00. The van der Waals surface area contributed by atoms with Gasteiger partial charge in [-0.3, -0.25) is 14.5 Å². The third-order valence-electron chi connectivity index (χ3n) is 4.99. The van der Waals surface area contributed by atoms with E-state index >= 15 is 0 Å². The lowest BCUT2D eigenvalue weighted by molar-refractivity contribution is -0.116. The molecule has 1 unspecified atom stereocenters. The molecule has 2 amide bonds. The van der Waals surface area contributed by atoms with Gasteiger partial charge in [-0.15, -0.1) is 11.8 Å². The monoisotopic (exact) mass is 480 g/mol. The predicted octanol–water partition coefficient (Wildman–Crippen LogP) is 4.93. The molecule has 0 saturated heterocycles. The standard InChI is InChI=1S/C24H24N4O3S2/c1-16-14-21(27-31-16)26-23(30)17(2)32-15-22(29)28(13-12-18-8-4-3-5-9-18)24-25-19-10-6-7-11-20(19)33-24/h3-11,14,17H,12-13,15H2,1-2H3,(H,26,27,30). The number of carbonyl (C=O) groups is 2. The van der Waals surface area contributed by atoms with E-state index in [9.17, 15) is 9.59 Å². The lowest BCUT2D eigenvalue weighted by Crippen LogP contribution is -2.35. The number of rotatable bonds is 9. The highest BCUT2D eigenvalue weighted by molar-refractivity contribution is 8.01. The number of nitrogens with one attached hydrogen (secondary N) is 1. The van der Waals surface area contributed by atoms with Gasteiger partial charge < -0.3 is 9.84 Å². The number of anilines is 2. The van der Waals surface area contributed by atoms with Crippen molar-refractivity contribution in [1.29, 1.82) is 0 Å². The molecule has 9 heteroatoms. The zero-order valence-electron chi connectivity index (χ0n) is 18.4. The fourth-order valence-corrected chi connectivity index (χ4v) is 4.96. The van der Waals surface area contributed by atoms with Gasteiger partial charge in [-0.25, -0.2) is 4.98 Å². The molecule has 0 aliphatic carbocycles. The Morgan fingerprint density at radius 1 is 1.15 bits per heavy atom. The van der Waals surface area contributed by atoms with Gasteiger partial charge in [0.2, 0.25) is 11.8 Å². The molecule has 2 aromatic heterocycles. The van der Waals surface area contributed by atoms with E-state index in [0.29, 0.717) is 29.7 Å². The molecule has 170 valence electrons. The molecule has 2 heterocycles. The van der Waals surface area contributed by atoms with Gasteiger partial charge >= 0.3 is 0 Å². The molecule has 0 aliphatic rings. The number of thiazole rings is 1. The number of thioether (sulfide) groups is 1. The number of carbonyl (C=O) groups excluding carboxylic acids is 2. The fourth-order valence-electron chi connectivity index (χ4n) is 3.19. The first-order chi connectivity index (χ1) is 16.0. The van der Waals surface area contributed by atoms with Crippen LogP contribution in [-0.4, -0.2) is 39.5 Å². The van der Waals surface area contributed by atoms with Gasteiger partial charge in [0.15, 0.2) is 10.9 Å². The quantitative estimate of drug-likeness (QED) is 0.365. The summed E-state index contributed by atoms with van der Waals surface area (Å²) in [6.45, 7) is 4.04. The van der Waals surface area contributed by atoms with Crippen molar-refractivity contribution in [1.82, 2.24) is 10.1 Å². The average molecular weight is 481 g/mol. The number of nitrogens with zero attached hydrogens (tertiary/aromatic N) is 3. The van der Waals surface area contributed by atoms with Crippen LogP contribution in [0.2, 0.25) is 0 Å². The molecule has 1 atom stereocenters. The third-order valence-corrected chi connectivity index (χ3v) is 7.17. The SMILES string of the molecule is Cc1cc(NC(=O)C(C)SCC(=O)N(CCc2ccccc2)c2nc3ccccc3s2)no1. The van der Waals surface area contributed by atoms with Crippen LogP contribution in [0.5, 0.6) is 0 Å². The summed E-state index contributed by atoms with van der Waals surface area (Å²) in [6.07, 6.45) is 0.717. The van der Waals surface area contributed by atoms with Crippen LogP contribution in [0.1, 0.15) is 18.2 Å². The van der Waals surface area contributed by atoms with Crippen molar-refractivity contribution in [2.24, 2.45) is 0 Å². The summed E-state index contributed by atoms with van der Waals surface area (Å²) in [6, 6.07) is 19.6. The van der Waals surface area contributed by atoms with Crippen molar-refractivity contribution in [2.45, 2.75) is 25.5 Å². The van der Waals surface area contributed by atoms with Gasteiger partial charge in [-0.05, 0) is 38.0 Å². The van der Waals surface area contributed by atoms with Crippen molar-refractivity contribution in [3.05, 3.63) is 72.0 Å². The van der Waals surface area contributed by atoms with Crippen LogP contribution >= 0.6 is 23.1 Å². The molecular formula is C24H24N4O3S2. The van der Waals surface area contributed by atoms with E-state index in [0.717, 1.165) is 15.8 Å². The van der Waals surface area contributed by atoms with Gasteiger partial charge in [0, 0.05) is 12.6 Å². The molecular weight excluding hydrogens is 456 g/mol. The Kier molecular flexibility index (Phi) is 7.41. The number of fused-ring (bicyclic) bond motifs is 1. The van der Waals surface area contributed by atoms with Crippen LogP contribution in [0.25, 0.3) is 10.2 Å². The van der Waals surface area contributed by atoms with Crippen molar-refractivity contribution >= 4 is 56.1 Å². The maximum Gasteiger partial charge on any atom is 0.238 e. The average Bonchev–Trinajstić information content (AvgIpc) is 3.43. The highest BCUT2D eigenvalue weighted by atomic mass is 32.2. The first kappa shape index (κ1) is 23.0. The molecule has 1 N–H and O–H groups in total. The van der Waals surface area contributed by atoms with Gasteiger partial charge in [-0.2, -0.15) is 0 Å². The lowest BCUT2D eigenvalue weighted by atomic mass is 10.1. The Hall–Kier alpha value is -3.17. The Balaban J connectivity index is 1.43. The number of hydrogen-bond donors (Lipinski definition) is 1. The van der Waals surface area contributed by atoms with Gasteiger partial charge in [0.25, 0.3) is 0 Å². The second kappa shape index (κ2) is 10.6. The minimum absolute atomic E-state index is 0.0769. The molecule has 0 fully saturated rings. The lowest BCUT2D eigenvalue weighted by Gasteiger charge is -2.20. The summed E-state index contributed by atoms with van der Waals surface area (Å²) in [5.41, 5.74) is 2.03. The zero-order valence-corrected chi connectivity index (χ0v) is 20.0. The normalized spacial score (nSPS) is 11.9. The van der Waals surface area contributed by atoms with Crippen molar-refractivity contribution in [3.63, 3.8) is 0 Å². The van der Waals surface area contributed by atoms with Crippen LogP contribution in [0.4, 0.5) is 10.9 Å². The van der Waals surface area contributed by atoms with Crippen LogP contribution in [-0.2, 0) is 16.0 Å². The van der Waals surface area contributed by atoms with Crippen LogP contribution in [0.3, 0.4) is 0 Å². The molecule has 0 spiro atoms. The van der Waals surface area contributed by atoms with E-state index in [1.54, 1.807) is 24.8 Å². The zero-order chi connectivity index (χ0) is 23.2. The maximum absolute atomic E-state index is 13.2. The number of hydrogen-bond acceptors (Lipinski definition) is 7. The number of aryl methyl sites for hydroxylation is 1. The van der Waals surface area contributed by atoms with E-state index in [1.807, 2.05) is 54.6 Å². The highest BCUT2D eigenvalue weighted by Gasteiger charge is 2.23. The molecule has 0 bridgehead atoms. The molecule has 0 aliphatic heterocycles. The van der Waals surface area contributed by atoms with Gasteiger partial charge in [0.05, 0.1) is 21.2 Å². The first-order valence-corrected chi connectivity index (χ1v) is 12.4. The number of benzene rings is 2. The number of amides is 2. The Morgan fingerprint density at radius 3 is 2.64 bits per heavy atom. The van der Waals surface area contributed by atoms with E-state index in [4.69, 9.17) is 4.52 Å². The molecule has 0 radical (unpaired) electrons. The van der Waals surface area contributed by atoms with Crippen molar-refractivity contribution in [2.75, 3.05) is 22.5 Å². The smallest absolute Gasteiger partial charge is 0.238 e. The predicted molar refractivity (Wildman–Crippen MR) is 134 cm³/mol. The highest BCUT2D eigenvalue weighted by Crippen LogP contribution is 2.29. The largest absolute Gasteiger partial charge is 0.360 e. The summed E-state index contributed by atoms with van der Waals surface area (Å²) in [5, 5.41) is 6.73. The number of aromatic nitrogens is 2. The summed E-state index contributed by atoms with van der Waals surface area (Å²) in [7, 11) is 0. The minimum Gasteiger partial charge on any atom is -0.360 e. The Morgan fingerprint density at radius 2 is 1.91 bits per heavy atom. The Labute approximate surface area is 200 Å². The van der Waals surface area contributed by atoms with Crippen LogP contribution in [0, 0.1) is 6.92 Å². The van der Waals surface area contributed by atoms with Crippen molar-refractivity contribution in [3.8, 4) is 0 Å². The van der Waals surface area contributed by atoms with Gasteiger partial charge in [0.1, 0.15) is 5.76 Å².